The standard InChI is InChI=1S/C29H34ClN5O/c1-19-28-18-31-25-6-4-22(17-27(25)35(28)29(32-19)20-10-14-36-15-11-20)21-5-7-26(24(30)16-21)34-12-8-23(9-13-34)33(2)3/h4-7,16-18,20,23H,8-15H2,1-3H3. The number of ether oxygens (including phenoxy) is 1. The Morgan fingerprint density at radius 1 is 0.944 bits per heavy atom. The number of rotatable bonds is 4. The Hall–Kier alpha value is -2.67. The molecule has 0 saturated carbocycles. The largest absolute Gasteiger partial charge is 0.381 e. The summed E-state index contributed by atoms with van der Waals surface area (Å²) in [6.45, 7) is 5.75. The Morgan fingerprint density at radius 3 is 2.39 bits per heavy atom. The van der Waals surface area contributed by atoms with E-state index in [4.69, 9.17) is 26.3 Å². The van der Waals surface area contributed by atoms with Gasteiger partial charge in [-0.1, -0.05) is 23.7 Å². The lowest BCUT2D eigenvalue weighted by Crippen LogP contribution is -2.42. The zero-order valence-corrected chi connectivity index (χ0v) is 22.1. The van der Waals surface area contributed by atoms with Crippen LogP contribution in [0.15, 0.2) is 42.6 Å². The third-order valence-corrected chi connectivity index (χ3v) is 8.37. The van der Waals surface area contributed by atoms with Gasteiger partial charge in [-0.25, -0.2) is 4.98 Å². The number of piperidine rings is 1. The second-order valence-electron chi connectivity index (χ2n) is 10.5. The highest BCUT2D eigenvalue weighted by atomic mass is 35.5. The van der Waals surface area contributed by atoms with Crippen LogP contribution < -0.4 is 4.90 Å². The number of aromatic nitrogens is 3. The molecule has 6 nitrogen and oxygen atoms in total. The van der Waals surface area contributed by atoms with Crippen LogP contribution in [0, 0.1) is 6.92 Å². The minimum atomic E-state index is 0.402. The highest BCUT2D eigenvalue weighted by Gasteiger charge is 2.24. The van der Waals surface area contributed by atoms with Crippen molar-refractivity contribution < 1.29 is 4.74 Å². The fraction of sp³-hybridized carbons (Fsp3) is 0.448. The molecular formula is C29H34ClN5O. The van der Waals surface area contributed by atoms with Crippen molar-refractivity contribution in [1.82, 2.24) is 19.3 Å². The first-order valence-corrected chi connectivity index (χ1v) is 13.4. The number of benzene rings is 2. The van der Waals surface area contributed by atoms with Crippen molar-refractivity contribution in [3.05, 3.63) is 59.1 Å². The predicted octanol–water partition coefficient (Wildman–Crippen LogP) is 5.94. The molecule has 2 aromatic heterocycles. The molecule has 4 heterocycles. The van der Waals surface area contributed by atoms with Crippen molar-refractivity contribution in [2.24, 2.45) is 0 Å². The van der Waals surface area contributed by atoms with Crippen molar-refractivity contribution in [3.63, 3.8) is 0 Å². The van der Waals surface area contributed by atoms with Gasteiger partial charge in [0.15, 0.2) is 0 Å². The normalized spacial score (nSPS) is 18.1. The van der Waals surface area contributed by atoms with Crippen molar-refractivity contribution in [2.75, 3.05) is 45.3 Å². The molecule has 2 aliphatic heterocycles. The lowest BCUT2D eigenvalue weighted by atomic mass is 9.99. The lowest BCUT2D eigenvalue weighted by Gasteiger charge is -2.37. The van der Waals surface area contributed by atoms with E-state index in [2.05, 4.69) is 71.6 Å². The molecule has 6 rings (SSSR count). The van der Waals surface area contributed by atoms with E-state index in [0.717, 1.165) is 89.1 Å². The van der Waals surface area contributed by atoms with Gasteiger partial charge < -0.3 is 14.5 Å². The maximum atomic E-state index is 6.86. The number of halogens is 1. The van der Waals surface area contributed by atoms with Crippen LogP contribution in [0.4, 0.5) is 5.69 Å². The third-order valence-electron chi connectivity index (χ3n) is 8.07. The Kier molecular flexibility index (Phi) is 6.36. The van der Waals surface area contributed by atoms with Crippen LogP contribution in [0.25, 0.3) is 27.7 Å². The molecular weight excluding hydrogens is 470 g/mol. The molecule has 0 N–H and O–H groups in total. The number of aryl methyl sites for hydroxylation is 1. The van der Waals surface area contributed by atoms with Crippen LogP contribution in [0.2, 0.25) is 5.02 Å². The van der Waals surface area contributed by atoms with E-state index in [-0.39, 0.29) is 0 Å². The van der Waals surface area contributed by atoms with Gasteiger partial charge in [0.1, 0.15) is 5.82 Å². The van der Waals surface area contributed by atoms with E-state index in [9.17, 15) is 0 Å². The van der Waals surface area contributed by atoms with Crippen LogP contribution in [0.1, 0.15) is 43.1 Å². The molecule has 0 radical (unpaired) electrons. The molecule has 0 aliphatic carbocycles. The molecule has 2 saturated heterocycles. The van der Waals surface area contributed by atoms with Gasteiger partial charge in [0, 0.05) is 38.3 Å². The summed E-state index contributed by atoms with van der Waals surface area (Å²) in [6.07, 6.45) is 6.30. The first kappa shape index (κ1) is 23.7. The number of anilines is 1. The van der Waals surface area contributed by atoms with Gasteiger partial charge in [0.2, 0.25) is 0 Å². The van der Waals surface area contributed by atoms with E-state index in [0.29, 0.717) is 12.0 Å². The average molecular weight is 504 g/mol. The highest BCUT2D eigenvalue weighted by Crippen LogP contribution is 2.35. The Balaban J connectivity index is 1.36. The molecule has 36 heavy (non-hydrogen) atoms. The summed E-state index contributed by atoms with van der Waals surface area (Å²) in [6, 6.07) is 13.7. The topological polar surface area (TPSA) is 45.9 Å². The fourth-order valence-corrected chi connectivity index (χ4v) is 6.19. The maximum Gasteiger partial charge on any atom is 0.117 e. The van der Waals surface area contributed by atoms with Crippen molar-refractivity contribution in [1.29, 1.82) is 0 Å². The third kappa shape index (κ3) is 4.25. The van der Waals surface area contributed by atoms with E-state index in [1.54, 1.807) is 0 Å². The first-order valence-electron chi connectivity index (χ1n) is 13.1. The van der Waals surface area contributed by atoms with Gasteiger partial charge in [0.05, 0.1) is 39.2 Å². The zero-order chi connectivity index (χ0) is 24.8. The van der Waals surface area contributed by atoms with Gasteiger partial charge in [0.25, 0.3) is 0 Å². The lowest BCUT2D eigenvalue weighted by molar-refractivity contribution is 0.0835. The van der Waals surface area contributed by atoms with E-state index in [1.807, 2.05) is 6.20 Å². The summed E-state index contributed by atoms with van der Waals surface area (Å²) < 4.78 is 7.94. The van der Waals surface area contributed by atoms with E-state index < -0.39 is 0 Å². The molecule has 2 fully saturated rings. The zero-order valence-electron chi connectivity index (χ0n) is 21.4. The second-order valence-corrected chi connectivity index (χ2v) is 10.9. The molecule has 0 amide bonds. The van der Waals surface area contributed by atoms with Crippen molar-refractivity contribution in [3.8, 4) is 11.1 Å². The molecule has 2 aliphatic rings. The SMILES string of the molecule is Cc1nc(C2CCOCC2)n2c1cnc1ccc(-c3ccc(N4CCC(N(C)C)CC4)c(Cl)c3)cc12. The molecule has 0 spiro atoms. The van der Waals surface area contributed by atoms with E-state index >= 15 is 0 Å². The molecule has 7 heteroatoms. The van der Waals surface area contributed by atoms with Crippen LogP contribution in [0.3, 0.4) is 0 Å². The van der Waals surface area contributed by atoms with Crippen LogP contribution in [0.5, 0.6) is 0 Å². The predicted molar refractivity (Wildman–Crippen MR) is 147 cm³/mol. The molecule has 0 bridgehead atoms. The summed E-state index contributed by atoms with van der Waals surface area (Å²) in [5, 5.41) is 0.814. The summed E-state index contributed by atoms with van der Waals surface area (Å²) >= 11 is 6.86. The number of nitrogens with zero attached hydrogens (tertiary/aromatic N) is 5. The van der Waals surface area contributed by atoms with Gasteiger partial charge in [-0.15, -0.1) is 0 Å². The fourth-order valence-electron chi connectivity index (χ4n) is 5.89. The van der Waals surface area contributed by atoms with Crippen LogP contribution in [-0.4, -0.2) is 65.7 Å². The molecule has 0 atom stereocenters. The highest BCUT2D eigenvalue weighted by molar-refractivity contribution is 6.33. The number of fused-ring (bicyclic) bond motifs is 3. The Labute approximate surface area is 217 Å². The number of hydrogen-bond acceptors (Lipinski definition) is 5. The summed E-state index contributed by atoms with van der Waals surface area (Å²) in [4.78, 5) is 14.5. The summed E-state index contributed by atoms with van der Waals surface area (Å²) in [5.41, 5.74) is 7.57. The monoisotopic (exact) mass is 503 g/mol. The maximum absolute atomic E-state index is 6.86. The first-order chi connectivity index (χ1) is 17.5. The van der Waals surface area contributed by atoms with Crippen molar-refractivity contribution >= 4 is 33.8 Å². The molecule has 0 unspecified atom stereocenters. The van der Waals surface area contributed by atoms with Gasteiger partial charge in [-0.3, -0.25) is 9.38 Å². The smallest absolute Gasteiger partial charge is 0.117 e. The quantitative estimate of drug-likeness (QED) is 0.345. The van der Waals surface area contributed by atoms with Crippen molar-refractivity contribution in [2.45, 2.75) is 44.6 Å². The van der Waals surface area contributed by atoms with Gasteiger partial charge in [-0.2, -0.15) is 0 Å². The molecule has 2 aromatic carbocycles. The van der Waals surface area contributed by atoms with E-state index in [1.165, 1.54) is 12.8 Å². The number of imidazole rings is 1. The summed E-state index contributed by atoms with van der Waals surface area (Å²) in [7, 11) is 4.35. The minimum absolute atomic E-state index is 0.402. The van der Waals surface area contributed by atoms with Gasteiger partial charge >= 0.3 is 0 Å². The van der Waals surface area contributed by atoms with Gasteiger partial charge in [-0.05, 0) is 82.1 Å². The summed E-state index contributed by atoms with van der Waals surface area (Å²) in [5.74, 6) is 1.53. The van der Waals surface area contributed by atoms with Crippen LogP contribution >= 0.6 is 11.6 Å². The molecule has 188 valence electrons. The second kappa shape index (κ2) is 9.66. The Morgan fingerprint density at radius 2 is 1.67 bits per heavy atom. The van der Waals surface area contributed by atoms with Crippen LogP contribution in [-0.2, 0) is 4.74 Å². The number of hydrogen-bond donors (Lipinski definition) is 0. The minimum Gasteiger partial charge on any atom is -0.381 e. The average Bonchev–Trinajstić information content (AvgIpc) is 3.25. The Bertz CT molecular complexity index is 1400. The molecule has 4 aromatic rings.